The Kier molecular flexibility index (Phi) is 3.88. The zero-order valence-electron chi connectivity index (χ0n) is 12.5. The van der Waals surface area contributed by atoms with Crippen molar-refractivity contribution in [2.45, 2.75) is 65.5 Å². The maximum absolute atomic E-state index is 12.5. The minimum atomic E-state index is -0.324. The minimum absolute atomic E-state index is 0.0216. The van der Waals surface area contributed by atoms with E-state index < -0.39 is 0 Å². The Morgan fingerprint density at radius 3 is 2.37 bits per heavy atom. The second-order valence-electron chi connectivity index (χ2n) is 6.48. The monoisotopic (exact) mass is 266 g/mol. The summed E-state index contributed by atoms with van der Waals surface area (Å²) in [6.45, 7) is 8.92. The first-order valence-corrected chi connectivity index (χ1v) is 7.55. The molecule has 4 heteroatoms. The number of carbonyl (C=O) groups is 2. The second kappa shape index (κ2) is 5.14. The predicted molar refractivity (Wildman–Crippen MR) is 74.5 cm³/mol. The molecule has 19 heavy (non-hydrogen) atoms. The van der Waals surface area contributed by atoms with Crippen LogP contribution in [-0.4, -0.2) is 35.3 Å². The van der Waals surface area contributed by atoms with Gasteiger partial charge in [-0.2, -0.15) is 0 Å². The van der Waals surface area contributed by atoms with E-state index in [9.17, 15) is 9.59 Å². The summed E-state index contributed by atoms with van der Waals surface area (Å²) in [5.41, 5.74) is 0.290. The smallest absolute Gasteiger partial charge is 0.245 e. The van der Waals surface area contributed by atoms with Crippen LogP contribution in [0.5, 0.6) is 0 Å². The van der Waals surface area contributed by atoms with Crippen LogP contribution in [-0.2, 0) is 9.59 Å². The Hall–Kier alpha value is -1.06. The molecular formula is C15H26N2O2. The number of hydrogen-bond donors (Lipinski definition) is 1. The van der Waals surface area contributed by atoms with Gasteiger partial charge in [0.05, 0.1) is 0 Å². The fourth-order valence-electron chi connectivity index (χ4n) is 3.07. The van der Waals surface area contributed by atoms with E-state index in [2.05, 4.69) is 12.2 Å². The summed E-state index contributed by atoms with van der Waals surface area (Å²) >= 11 is 0. The lowest BCUT2D eigenvalue weighted by Gasteiger charge is -2.42. The average molecular weight is 266 g/mol. The summed E-state index contributed by atoms with van der Waals surface area (Å²) in [6, 6.07) is -0.616. The molecule has 108 valence electrons. The van der Waals surface area contributed by atoms with Crippen LogP contribution in [0.3, 0.4) is 0 Å². The highest BCUT2D eigenvalue weighted by molar-refractivity contribution is 5.97. The molecule has 2 rings (SSSR count). The molecule has 1 aliphatic carbocycles. The highest BCUT2D eigenvalue weighted by Crippen LogP contribution is 2.49. The number of hydrogen-bond acceptors (Lipinski definition) is 2. The van der Waals surface area contributed by atoms with Crippen molar-refractivity contribution in [2.75, 3.05) is 6.54 Å². The Morgan fingerprint density at radius 1 is 1.32 bits per heavy atom. The van der Waals surface area contributed by atoms with Gasteiger partial charge in [-0.25, -0.2) is 0 Å². The molecule has 0 spiro atoms. The Labute approximate surface area is 115 Å². The molecule has 1 saturated heterocycles. The molecule has 1 aliphatic heterocycles. The van der Waals surface area contributed by atoms with Crippen molar-refractivity contribution in [1.29, 1.82) is 0 Å². The van der Waals surface area contributed by atoms with Crippen LogP contribution in [0.2, 0.25) is 0 Å². The lowest BCUT2D eigenvalue weighted by Crippen LogP contribution is -2.65. The first-order chi connectivity index (χ1) is 8.94. The van der Waals surface area contributed by atoms with E-state index >= 15 is 0 Å². The molecule has 2 atom stereocenters. The first kappa shape index (κ1) is 14.4. The van der Waals surface area contributed by atoms with Gasteiger partial charge in [-0.3, -0.25) is 9.59 Å². The zero-order valence-corrected chi connectivity index (χ0v) is 12.5. The van der Waals surface area contributed by atoms with Crippen LogP contribution < -0.4 is 5.32 Å². The summed E-state index contributed by atoms with van der Waals surface area (Å²) in [7, 11) is 0. The summed E-state index contributed by atoms with van der Waals surface area (Å²) in [4.78, 5) is 26.7. The van der Waals surface area contributed by atoms with Crippen molar-refractivity contribution in [1.82, 2.24) is 10.2 Å². The van der Waals surface area contributed by atoms with Crippen molar-refractivity contribution >= 4 is 11.8 Å². The van der Waals surface area contributed by atoms with Gasteiger partial charge >= 0.3 is 0 Å². The summed E-state index contributed by atoms with van der Waals surface area (Å²) < 4.78 is 0. The molecular weight excluding hydrogens is 240 g/mol. The standard InChI is InChI=1S/C15H26N2O2/c1-5-11-14(19)17(9-15(6-2)7-8-15)12(10(3)4)13(18)16-11/h10-12H,5-9H2,1-4H3,(H,16,18). The van der Waals surface area contributed by atoms with E-state index in [4.69, 9.17) is 0 Å². The molecule has 0 bridgehead atoms. The number of nitrogens with one attached hydrogen (secondary N) is 1. The fourth-order valence-corrected chi connectivity index (χ4v) is 3.07. The number of nitrogens with zero attached hydrogens (tertiary/aromatic N) is 1. The lowest BCUT2D eigenvalue weighted by molar-refractivity contribution is -0.152. The van der Waals surface area contributed by atoms with Crippen LogP contribution in [0.1, 0.15) is 53.4 Å². The van der Waals surface area contributed by atoms with E-state index in [-0.39, 0.29) is 29.8 Å². The van der Waals surface area contributed by atoms with Crippen molar-refractivity contribution in [3.8, 4) is 0 Å². The molecule has 2 aliphatic rings. The second-order valence-corrected chi connectivity index (χ2v) is 6.48. The number of carbonyl (C=O) groups excluding carboxylic acids is 2. The predicted octanol–water partition coefficient (Wildman–Crippen LogP) is 1.94. The Morgan fingerprint density at radius 2 is 1.95 bits per heavy atom. The maximum atomic E-state index is 12.5. The highest BCUT2D eigenvalue weighted by atomic mass is 16.2. The topological polar surface area (TPSA) is 49.4 Å². The molecule has 2 unspecified atom stereocenters. The minimum Gasteiger partial charge on any atom is -0.343 e. The van der Waals surface area contributed by atoms with Crippen molar-refractivity contribution in [3.63, 3.8) is 0 Å². The molecule has 0 aromatic rings. The lowest BCUT2D eigenvalue weighted by atomic mass is 9.93. The normalized spacial score (nSPS) is 29.6. The highest BCUT2D eigenvalue weighted by Gasteiger charge is 2.48. The van der Waals surface area contributed by atoms with E-state index in [0.29, 0.717) is 11.8 Å². The van der Waals surface area contributed by atoms with E-state index in [1.807, 2.05) is 25.7 Å². The zero-order chi connectivity index (χ0) is 14.2. The molecule has 0 aromatic heterocycles. The molecule has 0 radical (unpaired) electrons. The molecule has 0 aromatic carbocycles. The van der Waals surface area contributed by atoms with Gasteiger partial charge in [-0.05, 0) is 37.0 Å². The van der Waals surface area contributed by atoms with Crippen LogP contribution >= 0.6 is 0 Å². The molecule has 2 amide bonds. The molecule has 1 heterocycles. The molecule has 1 saturated carbocycles. The molecule has 4 nitrogen and oxygen atoms in total. The molecule has 2 fully saturated rings. The van der Waals surface area contributed by atoms with Crippen molar-refractivity contribution in [2.24, 2.45) is 11.3 Å². The fraction of sp³-hybridized carbons (Fsp3) is 0.867. The third-order valence-electron chi connectivity index (χ3n) is 4.75. The first-order valence-electron chi connectivity index (χ1n) is 7.55. The van der Waals surface area contributed by atoms with E-state index in [1.54, 1.807) is 0 Å². The van der Waals surface area contributed by atoms with Crippen molar-refractivity contribution < 1.29 is 9.59 Å². The average Bonchev–Trinajstić information content (AvgIpc) is 3.13. The number of piperazine rings is 1. The molecule has 1 N–H and O–H groups in total. The number of rotatable bonds is 5. The quantitative estimate of drug-likeness (QED) is 0.826. The van der Waals surface area contributed by atoms with Gasteiger partial charge in [0.25, 0.3) is 0 Å². The van der Waals surface area contributed by atoms with Crippen molar-refractivity contribution in [3.05, 3.63) is 0 Å². The van der Waals surface area contributed by atoms with Gasteiger partial charge in [0.2, 0.25) is 11.8 Å². The van der Waals surface area contributed by atoms with Gasteiger partial charge in [0, 0.05) is 6.54 Å². The Bertz CT molecular complexity index is 374. The van der Waals surface area contributed by atoms with Crippen LogP contribution in [0, 0.1) is 11.3 Å². The number of amides is 2. The van der Waals surface area contributed by atoms with Gasteiger partial charge in [-0.1, -0.05) is 27.7 Å². The summed E-state index contributed by atoms with van der Waals surface area (Å²) in [6.07, 6.45) is 4.15. The van der Waals surface area contributed by atoms with Gasteiger partial charge in [-0.15, -0.1) is 0 Å². The van der Waals surface area contributed by atoms with Crippen LogP contribution in [0.4, 0.5) is 0 Å². The van der Waals surface area contributed by atoms with E-state index in [0.717, 1.165) is 13.0 Å². The summed E-state index contributed by atoms with van der Waals surface area (Å²) in [5.74, 6) is 0.295. The third-order valence-corrected chi connectivity index (χ3v) is 4.75. The maximum Gasteiger partial charge on any atom is 0.245 e. The van der Waals surface area contributed by atoms with Gasteiger partial charge in [0.1, 0.15) is 12.1 Å². The van der Waals surface area contributed by atoms with E-state index in [1.165, 1.54) is 12.8 Å². The SMILES string of the molecule is CCC1NC(=O)C(C(C)C)N(CC2(CC)CC2)C1=O. The van der Waals surface area contributed by atoms with Crippen LogP contribution in [0.15, 0.2) is 0 Å². The van der Waals surface area contributed by atoms with Gasteiger partial charge in [0.15, 0.2) is 0 Å². The summed E-state index contributed by atoms with van der Waals surface area (Å²) in [5, 5.41) is 2.87. The van der Waals surface area contributed by atoms with Crippen LogP contribution in [0.25, 0.3) is 0 Å². The largest absolute Gasteiger partial charge is 0.343 e. The Balaban J connectivity index is 2.21. The van der Waals surface area contributed by atoms with Gasteiger partial charge < -0.3 is 10.2 Å². The third kappa shape index (κ3) is 2.63.